The number of nitrogens with zero attached hydrogens (tertiary/aromatic N) is 1. The molecule has 0 saturated heterocycles. The Kier molecular flexibility index (Phi) is 6.23. The minimum Gasteiger partial charge on any atom is -0.337 e. The van der Waals surface area contributed by atoms with Crippen molar-refractivity contribution in [2.24, 2.45) is 0 Å². The van der Waals surface area contributed by atoms with E-state index in [9.17, 15) is 9.59 Å². The number of rotatable bonds is 5. The number of hydrogen-bond donors (Lipinski definition) is 1. The Balaban J connectivity index is 2.14. The quantitative estimate of drug-likeness (QED) is 0.841. The lowest BCUT2D eigenvalue weighted by Gasteiger charge is -2.19. The van der Waals surface area contributed by atoms with Crippen molar-refractivity contribution in [1.29, 1.82) is 0 Å². The number of carbonyl (C=O) groups excluding carboxylic acids is 2. The van der Waals surface area contributed by atoms with Gasteiger partial charge in [0.1, 0.15) is 0 Å². The normalized spacial score (nSPS) is 10.3. The lowest BCUT2D eigenvalue weighted by atomic mass is 10.1. The van der Waals surface area contributed by atoms with Crippen molar-refractivity contribution in [2.45, 2.75) is 19.9 Å². The molecule has 0 aliphatic carbocycles. The average molecular weight is 365 g/mol. The van der Waals surface area contributed by atoms with Crippen LogP contribution in [0.5, 0.6) is 0 Å². The summed E-state index contributed by atoms with van der Waals surface area (Å²) in [7, 11) is 1.69. The molecule has 0 aromatic heterocycles. The van der Waals surface area contributed by atoms with Gasteiger partial charge < -0.3 is 10.2 Å². The maximum Gasteiger partial charge on any atom is 0.253 e. The molecule has 0 radical (unpaired) electrons. The largest absolute Gasteiger partial charge is 0.337 e. The monoisotopic (exact) mass is 364 g/mol. The highest BCUT2D eigenvalue weighted by atomic mass is 35.5. The first-order valence-electron chi connectivity index (χ1n) is 7.50. The van der Waals surface area contributed by atoms with Gasteiger partial charge in [0.15, 0.2) is 0 Å². The number of nitrogens with one attached hydrogen (secondary N) is 1. The third-order valence-corrected chi connectivity index (χ3v) is 4.36. The molecule has 0 aliphatic rings. The molecule has 24 heavy (non-hydrogen) atoms. The van der Waals surface area contributed by atoms with Gasteiger partial charge in [-0.15, -0.1) is 0 Å². The Morgan fingerprint density at radius 2 is 1.83 bits per heavy atom. The van der Waals surface area contributed by atoms with Gasteiger partial charge in [-0.25, -0.2) is 0 Å². The van der Waals surface area contributed by atoms with Gasteiger partial charge in [-0.2, -0.15) is 0 Å². The third kappa shape index (κ3) is 4.49. The standard InChI is InChI=1S/C18H18Cl2N2O2/c1-3-16(23)21-14-8-4-6-12(10-14)18(24)22(2)11-13-7-5-9-15(19)17(13)20/h4-10H,3,11H2,1-2H3,(H,21,23). The van der Waals surface area contributed by atoms with Gasteiger partial charge in [0.2, 0.25) is 5.91 Å². The number of carbonyl (C=O) groups is 2. The van der Waals surface area contributed by atoms with Gasteiger partial charge in [-0.05, 0) is 29.8 Å². The van der Waals surface area contributed by atoms with Crippen LogP contribution in [0.25, 0.3) is 0 Å². The summed E-state index contributed by atoms with van der Waals surface area (Å²) in [6, 6.07) is 12.2. The first-order chi connectivity index (χ1) is 11.4. The molecule has 0 spiro atoms. The zero-order chi connectivity index (χ0) is 17.7. The number of hydrogen-bond acceptors (Lipinski definition) is 2. The maximum atomic E-state index is 12.6. The summed E-state index contributed by atoms with van der Waals surface area (Å²) in [4.78, 5) is 25.6. The summed E-state index contributed by atoms with van der Waals surface area (Å²) >= 11 is 12.2. The molecule has 0 saturated carbocycles. The summed E-state index contributed by atoms with van der Waals surface area (Å²) in [5.74, 6) is -0.266. The molecule has 126 valence electrons. The van der Waals surface area contributed by atoms with Crippen molar-refractivity contribution in [3.05, 3.63) is 63.6 Å². The van der Waals surface area contributed by atoms with Gasteiger partial charge >= 0.3 is 0 Å². The minimum absolute atomic E-state index is 0.0985. The van der Waals surface area contributed by atoms with E-state index in [0.29, 0.717) is 34.3 Å². The zero-order valence-electron chi connectivity index (χ0n) is 13.5. The van der Waals surface area contributed by atoms with Crippen LogP contribution in [0.4, 0.5) is 5.69 Å². The van der Waals surface area contributed by atoms with E-state index in [-0.39, 0.29) is 11.8 Å². The minimum atomic E-state index is -0.168. The van der Waals surface area contributed by atoms with Crippen molar-refractivity contribution < 1.29 is 9.59 Å². The van der Waals surface area contributed by atoms with Crippen LogP contribution >= 0.6 is 23.2 Å². The van der Waals surface area contributed by atoms with Crippen LogP contribution in [0.2, 0.25) is 10.0 Å². The summed E-state index contributed by atoms with van der Waals surface area (Å²) in [6.07, 6.45) is 0.380. The first-order valence-corrected chi connectivity index (χ1v) is 8.26. The highest BCUT2D eigenvalue weighted by molar-refractivity contribution is 6.42. The molecular weight excluding hydrogens is 347 g/mol. The molecule has 0 unspecified atom stereocenters. The fraction of sp³-hybridized carbons (Fsp3) is 0.222. The van der Waals surface area contributed by atoms with Crippen molar-refractivity contribution in [1.82, 2.24) is 4.90 Å². The first kappa shape index (κ1) is 18.3. The maximum absolute atomic E-state index is 12.6. The smallest absolute Gasteiger partial charge is 0.253 e. The molecular formula is C18H18Cl2N2O2. The Hall–Kier alpha value is -2.04. The molecule has 2 rings (SSSR count). The average Bonchev–Trinajstić information content (AvgIpc) is 2.58. The van der Waals surface area contributed by atoms with Crippen molar-refractivity contribution in [2.75, 3.05) is 12.4 Å². The SMILES string of the molecule is CCC(=O)Nc1cccc(C(=O)N(C)Cc2cccc(Cl)c2Cl)c1. The van der Waals surface area contributed by atoms with Gasteiger partial charge in [-0.1, -0.05) is 48.3 Å². The van der Waals surface area contributed by atoms with Crippen LogP contribution in [0.1, 0.15) is 29.3 Å². The van der Waals surface area contributed by atoms with Gasteiger partial charge in [0.05, 0.1) is 10.0 Å². The van der Waals surface area contributed by atoms with E-state index < -0.39 is 0 Å². The molecule has 6 heteroatoms. The third-order valence-electron chi connectivity index (χ3n) is 3.50. The second-order valence-corrected chi connectivity index (χ2v) is 6.14. The van der Waals surface area contributed by atoms with Crippen LogP contribution in [0.15, 0.2) is 42.5 Å². The summed E-state index contributed by atoms with van der Waals surface area (Å²) < 4.78 is 0. The Labute approximate surface area is 151 Å². The van der Waals surface area contributed by atoms with Gasteiger partial charge in [-0.3, -0.25) is 9.59 Å². The number of benzene rings is 2. The lowest BCUT2D eigenvalue weighted by molar-refractivity contribution is -0.115. The fourth-order valence-corrected chi connectivity index (χ4v) is 2.58. The second kappa shape index (κ2) is 8.18. The number of amides is 2. The summed E-state index contributed by atoms with van der Waals surface area (Å²) in [5.41, 5.74) is 1.86. The van der Waals surface area contributed by atoms with Crippen LogP contribution in [-0.4, -0.2) is 23.8 Å². The predicted octanol–water partition coefficient (Wildman–Crippen LogP) is 4.61. The van der Waals surface area contributed by atoms with Gasteiger partial charge in [0.25, 0.3) is 5.91 Å². The molecule has 0 heterocycles. The van der Waals surface area contributed by atoms with E-state index in [1.165, 1.54) is 0 Å². The van der Waals surface area contributed by atoms with Crippen LogP contribution in [0.3, 0.4) is 0 Å². The van der Waals surface area contributed by atoms with Crippen molar-refractivity contribution in [3.8, 4) is 0 Å². The number of halogens is 2. The van der Waals surface area contributed by atoms with Crippen LogP contribution in [0, 0.1) is 0 Å². The highest BCUT2D eigenvalue weighted by Crippen LogP contribution is 2.26. The Bertz CT molecular complexity index is 762. The van der Waals surface area contributed by atoms with E-state index in [4.69, 9.17) is 23.2 Å². The van der Waals surface area contributed by atoms with E-state index in [1.807, 2.05) is 6.07 Å². The molecule has 1 N–H and O–H groups in total. The molecule has 2 aromatic carbocycles. The van der Waals surface area contributed by atoms with E-state index in [2.05, 4.69) is 5.32 Å². The fourth-order valence-electron chi connectivity index (χ4n) is 2.20. The molecule has 0 aliphatic heterocycles. The molecule has 2 aromatic rings. The Morgan fingerprint density at radius 1 is 1.12 bits per heavy atom. The second-order valence-electron chi connectivity index (χ2n) is 5.36. The summed E-state index contributed by atoms with van der Waals surface area (Å²) in [5, 5.41) is 3.65. The highest BCUT2D eigenvalue weighted by Gasteiger charge is 2.15. The molecule has 0 atom stereocenters. The van der Waals surface area contributed by atoms with E-state index in [0.717, 1.165) is 5.56 Å². The molecule has 0 bridgehead atoms. The van der Waals surface area contributed by atoms with Crippen molar-refractivity contribution >= 4 is 40.7 Å². The number of anilines is 1. The Morgan fingerprint density at radius 3 is 2.54 bits per heavy atom. The molecule has 2 amide bonds. The molecule has 4 nitrogen and oxygen atoms in total. The zero-order valence-corrected chi connectivity index (χ0v) is 15.0. The molecule has 0 fully saturated rings. The van der Waals surface area contributed by atoms with Crippen LogP contribution in [-0.2, 0) is 11.3 Å². The van der Waals surface area contributed by atoms with Crippen LogP contribution < -0.4 is 5.32 Å². The van der Waals surface area contributed by atoms with Crippen molar-refractivity contribution in [3.63, 3.8) is 0 Å². The van der Waals surface area contributed by atoms with E-state index in [1.54, 1.807) is 55.3 Å². The van der Waals surface area contributed by atoms with Gasteiger partial charge in [0, 0.05) is 31.3 Å². The predicted molar refractivity (Wildman–Crippen MR) is 97.6 cm³/mol. The lowest BCUT2D eigenvalue weighted by Crippen LogP contribution is -2.26. The summed E-state index contributed by atoms with van der Waals surface area (Å²) in [6.45, 7) is 2.11. The van der Waals surface area contributed by atoms with E-state index >= 15 is 0 Å². The topological polar surface area (TPSA) is 49.4 Å².